The Kier molecular flexibility index (Phi) is 41.0. The second kappa shape index (κ2) is 44.8. The molecule has 14 nitrogen and oxygen atoms in total. The van der Waals surface area contributed by atoms with Gasteiger partial charge in [-0.25, -0.2) is 0 Å². The summed E-state index contributed by atoms with van der Waals surface area (Å²) in [7, 11) is 0. The van der Waals surface area contributed by atoms with Crippen LogP contribution in [-0.2, 0) is 23.7 Å². The number of carbonyl (C=O) groups is 1. The van der Waals surface area contributed by atoms with E-state index in [0.29, 0.717) is 12.8 Å². The van der Waals surface area contributed by atoms with E-state index in [2.05, 4.69) is 67.8 Å². The van der Waals surface area contributed by atoms with Crippen LogP contribution in [0.25, 0.3) is 0 Å². The summed E-state index contributed by atoms with van der Waals surface area (Å²) in [5.74, 6) is -0.258. The molecule has 0 aliphatic carbocycles. The van der Waals surface area contributed by atoms with Gasteiger partial charge in [-0.1, -0.05) is 197 Å². The summed E-state index contributed by atoms with van der Waals surface area (Å²) in [4.78, 5) is 13.2. The third kappa shape index (κ3) is 30.9. The molecular weight excluding hydrogens is 931 g/mol. The molecule has 2 saturated heterocycles. The second-order valence-electron chi connectivity index (χ2n) is 20.4. The van der Waals surface area contributed by atoms with Crippen LogP contribution in [0.1, 0.15) is 213 Å². The van der Waals surface area contributed by atoms with Gasteiger partial charge in [-0.15, -0.1) is 0 Å². The van der Waals surface area contributed by atoms with Gasteiger partial charge >= 0.3 is 0 Å². The number of allylic oxidation sites excluding steroid dienone is 9. The first-order chi connectivity index (χ1) is 35.6. The zero-order valence-electron chi connectivity index (χ0n) is 45.4. The van der Waals surface area contributed by atoms with Gasteiger partial charge in [0.2, 0.25) is 5.91 Å². The van der Waals surface area contributed by atoms with Gasteiger partial charge in [0, 0.05) is 6.42 Å². The van der Waals surface area contributed by atoms with E-state index in [1.54, 1.807) is 6.08 Å². The van der Waals surface area contributed by atoms with Gasteiger partial charge in [0.05, 0.1) is 32.0 Å². The van der Waals surface area contributed by atoms with Crippen LogP contribution >= 0.6 is 0 Å². The zero-order valence-corrected chi connectivity index (χ0v) is 45.4. The fraction of sp³-hybridized carbons (Fsp3) is 0.814. The van der Waals surface area contributed by atoms with Crippen molar-refractivity contribution >= 4 is 5.91 Å². The predicted molar refractivity (Wildman–Crippen MR) is 290 cm³/mol. The van der Waals surface area contributed by atoms with Crippen LogP contribution in [0.4, 0.5) is 0 Å². The number of rotatable bonds is 45. The van der Waals surface area contributed by atoms with Crippen molar-refractivity contribution in [2.75, 3.05) is 19.8 Å². The third-order valence-electron chi connectivity index (χ3n) is 13.9. The van der Waals surface area contributed by atoms with Crippen molar-refractivity contribution in [2.45, 2.75) is 286 Å². The summed E-state index contributed by atoms with van der Waals surface area (Å²) in [6.07, 6.45) is 39.7. The minimum Gasteiger partial charge on any atom is -0.394 e. The summed E-state index contributed by atoms with van der Waals surface area (Å²) in [5.41, 5.74) is 0. The molecular formula is C59H105NO13. The van der Waals surface area contributed by atoms with Crippen molar-refractivity contribution in [3.63, 3.8) is 0 Å². The van der Waals surface area contributed by atoms with Gasteiger partial charge in [-0.2, -0.15) is 0 Å². The molecule has 12 atom stereocenters. The van der Waals surface area contributed by atoms with E-state index in [-0.39, 0.29) is 18.9 Å². The topological polar surface area (TPSA) is 228 Å². The summed E-state index contributed by atoms with van der Waals surface area (Å²) in [6.45, 7) is 2.75. The molecule has 0 radical (unpaired) electrons. The molecule has 2 heterocycles. The molecule has 0 spiro atoms. The average molecular weight is 1040 g/mol. The fourth-order valence-corrected chi connectivity index (χ4v) is 9.20. The molecule has 73 heavy (non-hydrogen) atoms. The quantitative estimate of drug-likeness (QED) is 0.0205. The first-order valence-corrected chi connectivity index (χ1v) is 29.0. The Bertz CT molecular complexity index is 1450. The van der Waals surface area contributed by atoms with E-state index in [1.807, 2.05) is 6.08 Å². The van der Waals surface area contributed by atoms with Crippen LogP contribution in [0, 0.1) is 0 Å². The maximum absolute atomic E-state index is 13.2. The van der Waals surface area contributed by atoms with Crippen LogP contribution < -0.4 is 5.32 Å². The zero-order chi connectivity index (χ0) is 53.2. The maximum atomic E-state index is 13.2. The van der Waals surface area contributed by atoms with Crippen LogP contribution in [-0.4, -0.2) is 140 Å². The lowest BCUT2D eigenvalue weighted by Crippen LogP contribution is -2.65. The number of carbonyl (C=O) groups excluding carboxylic acids is 1. The van der Waals surface area contributed by atoms with Crippen molar-refractivity contribution in [1.29, 1.82) is 0 Å². The first kappa shape index (κ1) is 66.8. The molecule has 2 rings (SSSR count). The van der Waals surface area contributed by atoms with Crippen LogP contribution in [0.5, 0.6) is 0 Å². The van der Waals surface area contributed by atoms with Gasteiger partial charge in [0.15, 0.2) is 12.6 Å². The highest BCUT2D eigenvalue weighted by molar-refractivity contribution is 5.76. The minimum absolute atomic E-state index is 0.258. The lowest BCUT2D eigenvalue weighted by Gasteiger charge is -2.46. The van der Waals surface area contributed by atoms with Crippen LogP contribution in [0.2, 0.25) is 0 Å². The Morgan fingerprint density at radius 1 is 0.493 bits per heavy atom. The van der Waals surface area contributed by atoms with Gasteiger partial charge in [0.1, 0.15) is 48.8 Å². The Labute approximate surface area is 441 Å². The first-order valence-electron chi connectivity index (χ1n) is 29.0. The molecule has 0 aromatic rings. The van der Waals surface area contributed by atoms with Gasteiger partial charge < -0.3 is 65.1 Å². The van der Waals surface area contributed by atoms with Crippen LogP contribution in [0.3, 0.4) is 0 Å². The Morgan fingerprint density at radius 3 is 1.44 bits per heavy atom. The van der Waals surface area contributed by atoms with E-state index >= 15 is 0 Å². The monoisotopic (exact) mass is 1040 g/mol. The normalized spacial score (nSPS) is 25.8. The van der Waals surface area contributed by atoms with E-state index in [4.69, 9.17) is 18.9 Å². The van der Waals surface area contributed by atoms with E-state index in [1.165, 1.54) is 128 Å². The molecule has 14 heteroatoms. The fourth-order valence-electron chi connectivity index (χ4n) is 9.20. The van der Waals surface area contributed by atoms with Crippen molar-refractivity contribution in [2.24, 2.45) is 0 Å². The van der Waals surface area contributed by atoms with E-state index < -0.39 is 86.8 Å². The molecule has 1 amide bonds. The molecule has 0 aromatic carbocycles. The van der Waals surface area contributed by atoms with Gasteiger partial charge in [-0.3, -0.25) is 4.79 Å². The largest absolute Gasteiger partial charge is 0.394 e. The summed E-state index contributed by atoms with van der Waals surface area (Å²) >= 11 is 0. The predicted octanol–water partition coefficient (Wildman–Crippen LogP) is 9.39. The van der Waals surface area contributed by atoms with Crippen molar-refractivity contribution < 1.29 is 64.6 Å². The molecule has 0 saturated carbocycles. The summed E-state index contributed by atoms with van der Waals surface area (Å²) in [5, 5.41) is 87.0. The highest BCUT2D eigenvalue weighted by Gasteiger charge is 2.51. The SMILES string of the molecule is CCCCCCC/C=C\C/C=C\C/C=C\CCCCCCCCCCC(=O)NC(COC1OC(CO)C(OC2OC(CO)C(O)C(O)C2O)C(O)C1O)C(O)/C=C/CC/C=C/CCCCCCCCCCCC. The number of hydrogen-bond donors (Lipinski definition) is 9. The van der Waals surface area contributed by atoms with Gasteiger partial charge in [-0.05, 0) is 70.6 Å². The van der Waals surface area contributed by atoms with Crippen molar-refractivity contribution in [3.05, 3.63) is 60.8 Å². The van der Waals surface area contributed by atoms with Gasteiger partial charge in [0.25, 0.3) is 0 Å². The Balaban J connectivity index is 1.79. The Hall–Kier alpha value is -2.31. The van der Waals surface area contributed by atoms with Crippen molar-refractivity contribution in [3.8, 4) is 0 Å². The molecule has 9 N–H and O–H groups in total. The third-order valence-corrected chi connectivity index (χ3v) is 13.9. The molecule has 424 valence electrons. The van der Waals surface area contributed by atoms with Crippen molar-refractivity contribution in [1.82, 2.24) is 5.32 Å². The lowest BCUT2D eigenvalue weighted by atomic mass is 9.97. The highest BCUT2D eigenvalue weighted by Crippen LogP contribution is 2.30. The molecule has 0 aromatic heterocycles. The number of amides is 1. The maximum Gasteiger partial charge on any atom is 0.220 e. The van der Waals surface area contributed by atoms with E-state index in [9.17, 15) is 45.6 Å². The van der Waals surface area contributed by atoms with E-state index in [0.717, 1.165) is 51.4 Å². The number of nitrogens with one attached hydrogen (secondary N) is 1. The number of unbranched alkanes of at least 4 members (excludes halogenated alkanes) is 24. The summed E-state index contributed by atoms with van der Waals surface area (Å²) in [6, 6.07) is -0.937. The Morgan fingerprint density at radius 2 is 0.918 bits per heavy atom. The molecule has 2 aliphatic rings. The molecule has 0 bridgehead atoms. The summed E-state index contributed by atoms with van der Waals surface area (Å²) < 4.78 is 22.7. The lowest BCUT2D eigenvalue weighted by molar-refractivity contribution is -0.359. The number of aliphatic hydroxyl groups is 8. The minimum atomic E-state index is -1.79. The van der Waals surface area contributed by atoms with Crippen LogP contribution in [0.15, 0.2) is 60.8 Å². The standard InChI is InChI=1S/C59H105NO13/c1-3-5-7-9-11-13-15-17-19-21-22-23-24-25-26-27-29-31-33-35-37-39-41-43-51(64)60-47(48(63)42-40-38-36-34-32-30-28-20-18-16-14-12-10-8-6-4-2)46-70-58-56(69)54(67)57(50(45-62)72-58)73-59-55(68)53(66)52(65)49(44-61)71-59/h15,17,21-22,24-25,32,34,40,42,47-50,52-59,61-63,65-69H,3-14,16,18-20,23,26-31,33,35-39,41,43-46H2,1-2H3,(H,60,64)/b17-15-,22-21-,25-24-,34-32+,42-40+. The molecule has 2 fully saturated rings. The number of ether oxygens (including phenoxy) is 4. The highest BCUT2D eigenvalue weighted by atomic mass is 16.7. The number of aliphatic hydroxyl groups excluding tert-OH is 8. The average Bonchev–Trinajstić information content (AvgIpc) is 3.39. The second-order valence-corrected chi connectivity index (χ2v) is 20.4. The molecule has 12 unspecified atom stereocenters. The smallest absolute Gasteiger partial charge is 0.220 e. The number of hydrogen-bond acceptors (Lipinski definition) is 13. The molecule has 2 aliphatic heterocycles.